The van der Waals surface area contributed by atoms with Gasteiger partial charge in [0.25, 0.3) is 0 Å². The molecule has 1 aromatic rings. The molecule has 0 atom stereocenters. The molecule has 0 radical (unpaired) electrons. The predicted molar refractivity (Wildman–Crippen MR) is 67.9 cm³/mol. The summed E-state index contributed by atoms with van der Waals surface area (Å²) in [4.78, 5) is 4.35. The van der Waals surface area contributed by atoms with Crippen LogP contribution in [0.15, 0.2) is 23.2 Å². The van der Waals surface area contributed by atoms with Gasteiger partial charge in [-0.25, -0.2) is 4.98 Å². The van der Waals surface area contributed by atoms with Gasteiger partial charge in [-0.1, -0.05) is 18.9 Å². The zero-order chi connectivity index (χ0) is 11.4. The van der Waals surface area contributed by atoms with Crippen LogP contribution in [0, 0.1) is 11.3 Å². The van der Waals surface area contributed by atoms with E-state index in [4.69, 9.17) is 11.1 Å². The Morgan fingerprint density at radius 2 is 2.19 bits per heavy atom. The molecule has 0 aromatic carbocycles. The van der Waals surface area contributed by atoms with E-state index in [0.29, 0.717) is 5.69 Å². The summed E-state index contributed by atoms with van der Waals surface area (Å²) in [6, 6.07) is 5.69. The summed E-state index contributed by atoms with van der Waals surface area (Å²) in [5.74, 6) is 2.05. The molecule has 4 heteroatoms. The first kappa shape index (κ1) is 11.5. The van der Waals surface area contributed by atoms with E-state index < -0.39 is 0 Å². The number of amidine groups is 1. The van der Waals surface area contributed by atoms with Gasteiger partial charge in [-0.2, -0.15) is 0 Å². The van der Waals surface area contributed by atoms with Gasteiger partial charge in [-0.15, -0.1) is 11.8 Å². The number of nitrogens with one attached hydrogen (secondary N) is 1. The van der Waals surface area contributed by atoms with Gasteiger partial charge in [0.15, 0.2) is 0 Å². The van der Waals surface area contributed by atoms with E-state index in [1.165, 1.54) is 25.7 Å². The highest BCUT2D eigenvalue weighted by Gasteiger charge is 2.15. The van der Waals surface area contributed by atoms with Crippen molar-refractivity contribution in [3.63, 3.8) is 0 Å². The summed E-state index contributed by atoms with van der Waals surface area (Å²) in [6.45, 7) is 0. The van der Waals surface area contributed by atoms with Crippen molar-refractivity contribution in [1.29, 1.82) is 5.41 Å². The van der Waals surface area contributed by atoms with Crippen LogP contribution in [0.5, 0.6) is 0 Å². The Morgan fingerprint density at radius 3 is 2.88 bits per heavy atom. The molecule has 1 fully saturated rings. The quantitative estimate of drug-likeness (QED) is 0.479. The SMILES string of the molecule is N=C(N)c1cccc(SCC2CCCC2)n1. The van der Waals surface area contributed by atoms with Gasteiger partial charge >= 0.3 is 0 Å². The number of pyridine rings is 1. The van der Waals surface area contributed by atoms with Crippen molar-refractivity contribution >= 4 is 17.6 Å². The molecular weight excluding hydrogens is 218 g/mol. The van der Waals surface area contributed by atoms with Crippen molar-refractivity contribution in [3.05, 3.63) is 23.9 Å². The zero-order valence-electron chi connectivity index (χ0n) is 9.28. The van der Waals surface area contributed by atoms with Crippen LogP contribution in [0.3, 0.4) is 0 Å². The molecule has 86 valence electrons. The monoisotopic (exact) mass is 235 g/mol. The van der Waals surface area contributed by atoms with Crippen LogP contribution >= 0.6 is 11.8 Å². The fourth-order valence-corrected chi connectivity index (χ4v) is 3.10. The fourth-order valence-electron chi connectivity index (χ4n) is 2.03. The second-order valence-corrected chi connectivity index (χ2v) is 5.28. The molecule has 1 aromatic heterocycles. The molecule has 1 heterocycles. The van der Waals surface area contributed by atoms with Crippen LogP contribution in [-0.2, 0) is 0 Å². The van der Waals surface area contributed by atoms with E-state index in [-0.39, 0.29) is 5.84 Å². The first-order valence-corrected chi connectivity index (χ1v) is 6.68. The number of nitrogens with two attached hydrogens (primary N) is 1. The van der Waals surface area contributed by atoms with E-state index >= 15 is 0 Å². The van der Waals surface area contributed by atoms with Crippen LogP contribution < -0.4 is 5.73 Å². The third-order valence-electron chi connectivity index (χ3n) is 2.94. The summed E-state index contributed by atoms with van der Waals surface area (Å²) in [6.07, 6.45) is 5.48. The van der Waals surface area contributed by atoms with Crippen molar-refractivity contribution in [2.24, 2.45) is 11.7 Å². The average Bonchev–Trinajstić information content (AvgIpc) is 2.79. The average molecular weight is 235 g/mol. The molecule has 2 rings (SSSR count). The number of aromatic nitrogens is 1. The number of hydrogen-bond acceptors (Lipinski definition) is 3. The molecule has 0 unspecified atom stereocenters. The second-order valence-electron chi connectivity index (χ2n) is 4.24. The topological polar surface area (TPSA) is 62.8 Å². The molecule has 16 heavy (non-hydrogen) atoms. The summed E-state index contributed by atoms with van der Waals surface area (Å²) in [5.41, 5.74) is 5.99. The molecule has 0 spiro atoms. The van der Waals surface area contributed by atoms with Crippen LogP contribution in [-0.4, -0.2) is 16.6 Å². The first-order valence-electron chi connectivity index (χ1n) is 5.70. The Morgan fingerprint density at radius 1 is 1.44 bits per heavy atom. The number of nitrogen functional groups attached to an aromatic ring is 1. The van der Waals surface area contributed by atoms with Crippen LogP contribution in [0.25, 0.3) is 0 Å². The van der Waals surface area contributed by atoms with Crippen molar-refractivity contribution in [3.8, 4) is 0 Å². The molecule has 3 nitrogen and oxygen atoms in total. The number of thioether (sulfide) groups is 1. The Balaban J connectivity index is 1.93. The molecule has 0 saturated heterocycles. The summed E-state index contributed by atoms with van der Waals surface area (Å²) in [7, 11) is 0. The Kier molecular flexibility index (Phi) is 3.83. The molecule has 1 saturated carbocycles. The largest absolute Gasteiger partial charge is 0.382 e. The standard InChI is InChI=1S/C12H17N3S/c13-12(14)10-6-3-7-11(15-10)16-8-9-4-1-2-5-9/h3,6-7,9H,1-2,4-5,8H2,(H3,13,14). The van der Waals surface area contributed by atoms with E-state index in [0.717, 1.165) is 16.7 Å². The summed E-state index contributed by atoms with van der Waals surface area (Å²) in [5, 5.41) is 8.32. The maximum atomic E-state index is 7.34. The highest BCUT2D eigenvalue weighted by Crippen LogP contribution is 2.30. The third kappa shape index (κ3) is 2.98. The number of nitrogens with zero attached hydrogens (tertiary/aromatic N) is 1. The van der Waals surface area contributed by atoms with Crippen LogP contribution in [0.1, 0.15) is 31.4 Å². The molecule has 0 bridgehead atoms. The molecule has 3 N–H and O–H groups in total. The van der Waals surface area contributed by atoms with Gasteiger partial charge in [0.2, 0.25) is 0 Å². The van der Waals surface area contributed by atoms with Gasteiger partial charge in [0.05, 0.1) is 5.03 Å². The van der Waals surface area contributed by atoms with E-state index in [1.54, 1.807) is 17.8 Å². The summed E-state index contributed by atoms with van der Waals surface area (Å²) >= 11 is 1.79. The van der Waals surface area contributed by atoms with Gasteiger partial charge in [0, 0.05) is 5.75 Å². The minimum Gasteiger partial charge on any atom is -0.382 e. The predicted octanol–water partition coefficient (Wildman–Crippen LogP) is 2.65. The van der Waals surface area contributed by atoms with Crippen molar-refractivity contribution in [2.75, 3.05) is 5.75 Å². The zero-order valence-corrected chi connectivity index (χ0v) is 10.1. The van der Waals surface area contributed by atoms with E-state index in [9.17, 15) is 0 Å². The normalized spacial score (nSPS) is 16.5. The van der Waals surface area contributed by atoms with Crippen LogP contribution in [0.2, 0.25) is 0 Å². The molecule has 1 aliphatic carbocycles. The maximum absolute atomic E-state index is 7.34. The van der Waals surface area contributed by atoms with Crippen LogP contribution in [0.4, 0.5) is 0 Å². The first-order chi connectivity index (χ1) is 7.75. The van der Waals surface area contributed by atoms with Gasteiger partial charge in [-0.3, -0.25) is 5.41 Å². The number of hydrogen-bond donors (Lipinski definition) is 2. The van der Waals surface area contributed by atoms with Crippen molar-refractivity contribution in [2.45, 2.75) is 30.7 Å². The fraction of sp³-hybridized carbons (Fsp3) is 0.500. The molecular formula is C12H17N3S. The number of rotatable bonds is 4. The minimum atomic E-state index is 0.0447. The van der Waals surface area contributed by atoms with Gasteiger partial charge in [-0.05, 0) is 30.9 Å². The minimum absolute atomic E-state index is 0.0447. The Bertz CT molecular complexity index is 372. The Hall–Kier alpha value is -1.03. The lowest BCUT2D eigenvalue weighted by molar-refractivity contribution is 0.623. The highest BCUT2D eigenvalue weighted by molar-refractivity contribution is 7.99. The third-order valence-corrected chi connectivity index (χ3v) is 4.10. The molecule has 0 amide bonds. The van der Waals surface area contributed by atoms with Gasteiger partial charge in [0.1, 0.15) is 11.5 Å². The second kappa shape index (κ2) is 5.34. The van der Waals surface area contributed by atoms with Crippen molar-refractivity contribution in [1.82, 2.24) is 4.98 Å². The van der Waals surface area contributed by atoms with E-state index in [2.05, 4.69) is 4.98 Å². The Labute approximate surface area is 100 Å². The smallest absolute Gasteiger partial charge is 0.141 e. The van der Waals surface area contributed by atoms with E-state index in [1.807, 2.05) is 12.1 Å². The lowest BCUT2D eigenvalue weighted by Gasteiger charge is -2.08. The molecule has 0 aliphatic heterocycles. The maximum Gasteiger partial charge on any atom is 0.141 e. The molecule has 1 aliphatic rings. The lowest BCUT2D eigenvalue weighted by Crippen LogP contribution is -2.13. The van der Waals surface area contributed by atoms with Crippen molar-refractivity contribution < 1.29 is 0 Å². The highest BCUT2D eigenvalue weighted by atomic mass is 32.2. The lowest BCUT2D eigenvalue weighted by atomic mass is 10.1. The van der Waals surface area contributed by atoms with Gasteiger partial charge < -0.3 is 5.73 Å². The summed E-state index contributed by atoms with van der Waals surface area (Å²) < 4.78 is 0.